The number of hydrogen-bond acceptors (Lipinski definition) is 6. The van der Waals surface area contributed by atoms with Gasteiger partial charge in [0.2, 0.25) is 11.8 Å². The molecule has 3 aliphatic rings. The summed E-state index contributed by atoms with van der Waals surface area (Å²) < 4.78 is 0. The van der Waals surface area contributed by atoms with Crippen molar-refractivity contribution in [2.75, 3.05) is 25.4 Å². The highest BCUT2D eigenvalue weighted by atomic mass is 35.5. The van der Waals surface area contributed by atoms with Crippen molar-refractivity contribution in [2.24, 2.45) is 11.8 Å². The number of anilines is 1. The average Bonchev–Trinajstić information content (AvgIpc) is 3.01. The highest BCUT2D eigenvalue weighted by Gasteiger charge is 2.50. The molecule has 0 radical (unpaired) electrons. The maximum Gasteiger partial charge on any atom is 0.243 e. The number of rotatable bonds is 4. The number of nitrogens with zero attached hydrogens (tertiary/aromatic N) is 2. The molecule has 1 aromatic rings. The van der Waals surface area contributed by atoms with Gasteiger partial charge in [-0.1, -0.05) is 0 Å². The van der Waals surface area contributed by atoms with Crippen molar-refractivity contribution in [1.82, 2.24) is 20.5 Å². The average molecular weight is 436 g/mol. The molecule has 2 amide bonds. The number of carbonyl (C=O) groups is 2. The molecular weight excluding hydrogens is 409 g/mol. The zero-order valence-electron chi connectivity index (χ0n) is 15.1. The first-order valence-electron chi connectivity index (χ1n) is 9.13. The lowest BCUT2D eigenvalue weighted by Gasteiger charge is -2.53. The number of carbonyl (C=O) groups excluding carboxylic acids is 2. The van der Waals surface area contributed by atoms with Crippen LogP contribution in [0.3, 0.4) is 0 Å². The maximum atomic E-state index is 12.9. The molecule has 4 heterocycles. The lowest BCUT2D eigenvalue weighted by molar-refractivity contribution is -0.157. The largest absolute Gasteiger partial charge is 0.375 e. The van der Waals surface area contributed by atoms with Crippen LogP contribution < -0.4 is 16.4 Å². The summed E-state index contributed by atoms with van der Waals surface area (Å²) in [4.78, 5) is 31.6. The van der Waals surface area contributed by atoms with Crippen molar-refractivity contribution in [3.63, 3.8) is 0 Å². The Bertz CT molecular complexity index is 674. The predicted molar refractivity (Wildman–Crippen MR) is 110 cm³/mol. The molecule has 152 valence electrons. The third-order valence-corrected chi connectivity index (χ3v) is 6.49. The summed E-state index contributed by atoms with van der Waals surface area (Å²) in [6, 6.07) is -0.109. The van der Waals surface area contributed by atoms with Crippen LogP contribution in [0, 0.1) is 11.8 Å². The summed E-state index contributed by atoms with van der Waals surface area (Å²) in [7, 11) is 0. The summed E-state index contributed by atoms with van der Waals surface area (Å²) in [5.74, 6) is 0.841. The molecule has 27 heavy (non-hydrogen) atoms. The topological polar surface area (TPSA) is 100 Å². The molecule has 4 atom stereocenters. The van der Waals surface area contributed by atoms with E-state index in [1.165, 1.54) is 11.3 Å². The molecule has 3 fully saturated rings. The number of nitrogen functional groups attached to an aromatic ring is 1. The number of thiazole rings is 1. The van der Waals surface area contributed by atoms with Gasteiger partial charge in [0.1, 0.15) is 6.04 Å². The third kappa shape index (κ3) is 4.50. The molecule has 10 heteroatoms. The van der Waals surface area contributed by atoms with Crippen LogP contribution in [0.15, 0.2) is 5.38 Å². The fraction of sp³-hybridized carbons (Fsp3) is 0.706. The van der Waals surface area contributed by atoms with Gasteiger partial charge in [0.25, 0.3) is 0 Å². The highest BCUT2D eigenvalue weighted by molar-refractivity contribution is 7.13. The van der Waals surface area contributed by atoms with Gasteiger partial charge in [-0.15, -0.1) is 36.2 Å². The first-order chi connectivity index (χ1) is 12.1. The third-order valence-electron chi connectivity index (χ3n) is 5.76. The molecule has 0 aromatic carbocycles. The summed E-state index contributed by atoms with van der Waals surface area (Å²) in [5, 5.41) is 8.96. The van der Waals surface area contributed by atoms with Gasteiger partial charge >= 0.3 is 0 Å². The van der Waals surface area contributed by atoms with Crippen molar-refractivity contribution < 1.29 is 9.59 Å². The van der Waals surface area contributed by atoms with Crippen LogP contribution in [0.25, 0.3) is 0 Å². The number of halogens is 2. The Hall–Kier alpha value is -1.09. The molecule has 0 saturated carbocycles. The van der Waals surface area contributed by atoms with E-state index >= 15 is 0 Å². The van der Waals surface area contributed by atoms with Crippen molar-refractivity contribution in [1.29, 1.82) is 0 Å². The van der Waals surface area contributed by atoms with Crippen LogP contribution in [0.4, 0.5) is 5.13 Å². The summed E-state index contributed by atoms with van der Waals surface area (Å²) in [5.41, 5.74) is 6.54. The number of aromatic nitrogens is 1. The van der Waals surface area contributed by atoms with Gasteiger partial charge in [-0.3, -0.25) is 9.59 Å². The van der Waals surface area contributed by atoms with E-state index in [0.717, 1.165) is 38.0 Å². The Balaban J connectivity index is 0.00000131. The standard InChI is InChI=1S/C17H25N5O2S.2ClH/c18-17-21-12(9-25-17)4-5-20-16(24)15-11-6-10(7-19-8-11)13-2-1-3-14(23)22(13)15;;/h9-11,13,15,19H,1-8H2,(H2,18,21)(H,20,24);2*1H/t10-,11+,13+,15-;;/m1../s1. The van der Waals surface area contributed by atoms with Crippen LogP contribution in [0.2, 0.25) is 0 Å². The number of piperidine rings is 3. The van der Waals surface area contributed by atoms with E-state index in [-0.39, 0.29) is 54.6 Å². The number of nitrogens with one attached hydrogen (secondary N) is 2. The number of amides is 2. The van der Waals surface area contributed by atoms with Crippen molar-refractivity contribution >= 4 is 53.1 Å². The van der Waals surface area contributed by atoms with Crippen LogP contribution in [0.5, 0.6) is 0 Å². The fourth-order valence-electron chi connectivity index (χ4n) is 4.71. The molecular formula is C17H27Cl2N5O2S. The maximum absolute atomic E-state index is 12.9. The molecule has 1 aromatic heterocycles. The SMILES string of the molecule is Cl.Cl.Nc1nc(CCNC(=O)[C@H]2[C@@H]3CNC[C@@H](C3)[C@@H]3CCCC(=O)N32)cs1. The van der Waals surface area contributed by atoms with E-state index in [4.69, 9.17) is 5.73 Å². The van der Waals surface area contributed by atoms with Crippen LogP contribution in [-0.2, 0) is 16.0 Å². The zero-order chi connectivity index (χ0) is 17.4. The molecule has 3 saturated heterocycles. The van der Waals surface area contributed by atoms with Gasteiger partial charge in [0, 0.05) is 43.3 Å². The second-order valence-corrected chi connectivity index (χ2v) is 8.23. The number of hydrogen-bond donors (Lipinski definition) is 3. The number of fused-ring (bicyclic) bond motifs is 4. The van der Waals surface area contributed by atoms with Crippen LogP contribution >= 0.6 is 36.2 Å². The first kappa shape index (κ1) is 22.2. The molecule has 0 spiro atoms. The molecule has 4 N–H and O–H groups in total. The highest BCUT2D eigenvalue weighted by Crippen LogP contribution is 2.39. The first-order valence-corrected chi connectivity index (χ1v) is 10.0. The van der Waals surface area contributed by atoms with E-state index < -0.39 is 0 Å². The second kappa shape index (κ2) is 9.41. The van der Waals surface area contributed by atoms with Crippen LogP contribution in [0.1, 0.15) is 31.4 Å². The normalized spacial score (nSPS) is 29.2. The molecule has 0 unspecified atom stereocenters. The van der Waals surface area contributed by atoms with Gasteiger partial charge in [0.05, 0.1) is 5.69 Å². The Morgan fingerprint density at radius 2 is 2.15 bits per heavy atom. The Morgan fingerprint density at radius 1 is 1.37 bits per heavy atom. The lowest BCUT2D eigenvalue weighted by atomic mass is 9.72. The van der Waals surface area contributed by atoms with Crippen molar-refractivity contribution in [3.05, 3.63) is 11.1 Å². The number of nitrogens with two attached hydrogens (primary N) is 1. The minimum absolute atomic E-state index is 0. The van der Waals surface area contributed by atoms with Crippen LogP contribution in [-0.4, -0.2) is 53.4 Å². The molecule has 4 rings (SSSR count). The molecule has 7 nitrogen and oxygen atoms in total. The summed E-state index contributed by atoms with van der Waals surface area (Å²) >= 11 is 1.41. The Kier molecular flexibility index (Phi) is 7.73. The molecule has 2 bridgehead atoms. The fourth-order valence-corrected chi connectivity index (χ4v) is 5.30. The van der Waals surface area contributed by atoms with E-state index in [1.807, 2.05) is 10.3 Å². The van der Waals surface area contributed by atoms with E-state index in [0.29, 0.717) is 30.4 Å². The van der Waals surface area contributed by atoms with Gasteiger partial charge in [0.15, 0.2) is 5.13 Å². The quantitative estimate of drug-likeness (QED) is 0.659. The van der Waals surface area contributed by atoms with Crippen molar-refractivity contribution in [2.45, 2.75) is 44.2 Å². The summed E-state index contributed by atoms with van der Waals surface area (Å²) in [6.45, 7) is 2.30. The minimum Gasteiger partial charge on any atom is -0.375 e. The minimum atomic E-state index is -0.331. The Morgan fingerprint density at radius 3 is 2.89 bits per heavy atom. The molecule has 3 aliphatic heterocycles. The van der Waals surface area contributed by atoms with Gasteiger partial charge in [-0.05, 0) is 31.7 Å². The monoisotopic (exact) mass is 435 g/mol. The van der Waals surface area contributed by atoms with E-state index in [2.05, 4.69) is 15.6 Å². The Labute approximate surface area is 175 Å². The zero-order valence-corrected chi connectivity index (χ0v) is 17.5. The lowest BCUT2D eigenvalue weighted by Crippen LogP contribution is -2.68. The summed E-state index contributed by atoms with van der Waals surface area (Å²) in [6.07, 6.45) is 4.25. The van der Waals surface area contributed by atoms with E-state index in [9.17, 15) is 9.59 Å². The van der Waals surface area contributed by atoms with Gasteiger partial charge in [-0.25, -0.2) is 4.98 Å². The van der Waals surface area contributed by atoms with Crippen molar-refractivity contribution in [3.8, 4) is 0 Å². The van der Waals surface area contributed by atoms with Gasteiger partial charge in [-0.2, -0.15) is 0 Å². The van der Waals surface area contributed by atoms with Gasteiger partial charge < -0.3 is 21.3 Å². The van der Waals surface area contributed by atoms with E-state index in [1.54, 1.807) is 0 Å². The second-order valence-electron chi connectivity index (χ2n) is 7.34. The smallest absolute Gasteiger partial charge is 0.243 e. The molecule has 0 aliphatic carbocycles. The predicted octanol–water partition coefficient (Wildman–Crippen LogP) is 1.22.